The van der Waals surface area contributed by atoms with Gasteiger partial charge >= 0.3 is 6.03 Å². The van der Waals surface area contributed by atoms with Crippen LogP contribution in [-0.2, 0) is 0 Å². The fraction of sp³-hybridized carbons (Fsp3) is 0.350. The van der Waals surface area contributed by atoms with Crippen molar-refractivity contribution in [2.45, 2.75) is 18.9 Å². The van der Waals surface area contributed by atoms with E-state index in [4.69, 9.17) is 16.3 Å². The predicted octanol–water partition coefficient (Wildman–Crippen LogP) is 4.31. The maximum absolute atomic E-state index is 12.3. The fourth-order valence-electron chi connectivity index (χ4n) is 3.28. The standard InChI is InChI=1S/C20H24ClN3O2/c1-26-16-8-6-7-15(13-16)19(24-11-4-5-12-24)14-22-20(25)23-18-10-3-2-9-17(18)21/h2-3,6-10,13,19H,4-5,11-12,14H2,1H3,(H2,22,23,25). The lowest BCUT2D eigenvalue weighted by atomic mass is 10.1. The molecule has 2 aromatic carbocycles. The van der Waals surface area contributed by atoms with Crippen molar-refractivity contribution < 1.29 is 9.53 Å². The first-order valence-electron chi connectivity index (χ1n) is 8.85. The Balaban J connectivity index is 1.67. The molecule has 2 N–H and O–H groups in total. The van der Waals surface area contributed by atoms with E-state index in [2.05, 4.69) is 21.6 Å². The number of likely N-dealkylation sites (tertiary alicyclic amines) is 1. The second kappa shape index (κ2) is 8.92. The zero-order chi connectivity index (χ0) is 18.4. The molecule has 0 aliphatic carbocycles. The number of carbonyl (C=O) groups excluding carboxylic acids is 1. The maximum atomic E-state index is 12.3. The van der Waals surface area contributed by atoms with E-state index in [1.54, 1.807) is 19.2 Å². The molecule has 1 saturated heterocycles. The largest absolute Gasteiger partial charge is 0.497 e. The first-order chi connectivity index (χ1) is 12.7. The van der Waals surface area contributed by atoms with Gasteiger partial charge in [0.15, 0.2) is 0 Å². The average molecular weight is 374 g/mol. The number of urea groups is 1. The average Bonchev–Trinajstić information content (AvgIpc) is 3.18. The number of ether oxygens (including phenoxy) is 1. The highest BCUT2D eigenvalue weighted by atomic mass is 35.5. The van der Waals surface area contributed by atoms with Gasteiger partial charge in [0.05, 0.1) is 23.9 Å². The number of carbonyl (C=O) groups is 1. The van der Waals surface area contributed by atoms with Gasteiger partial charge in [-0.25, -0.2) is 4.79 Å². The number of halogens is 1. The Morgan fingerprint density at radius 3 is 2.69 bits per heavy atom. The minimum absolute atomic E-state index is 0.115. The van der Waals surface area contributed by atoms with Crippen LogP contribution in [0.5, 0.6) is 5.75 Å². The van der Waals surface area contributed by atoms with E-state index in [1.807, 2.05) is 30.3 Å². The summed E-state index contributed by atoms with van der Waals surface area (Å²) in [6.07, 6.45) is 2.37. The number of anilines is 1. The molecule has 0 spiro atoms. The molecule has 0 saturated carbocycles. The first kappa shape index (κ1) is 18.5. The third-order valence-electron chi connectivity index (χ3n) is 4.64. The summed E-state index contributed by atoms with van der Waals surface area (Å²) in [5, 5.41) is 6.31. The Hall–Kier alpha value is -2.24. The monoisotopic (exact) mass is 373 g/mol. The van der Waals surface area contributed by atoms with Crippen LogP contribution in [0.15, 0.2) is 48.5 Å². The summed E-state index contributed by atoms with van der Waals surface area (Å²) in [6, 6.07) is 15.1. The molecular formula is C20H24ClN3O2. The zero-order valence-corrected chi connectivity index (χ0v) is 15.6. The topological polar surface area (TPSA) is 53.6 Å². The summed E-state index contributed by atoms with van der Waals surface area (Å²) in [5.74, 6) is 0.826. The number of rotatable bonds is 6. The molecule has 1 aliphatic heterocycles. The van der Waals surface area contributed by atoms with Crippen LogP contribution in [0, 0.1) is 0 Å². The van der Waals surface area contributed by atoms with E-state index < -0.39 is 0 Å². The van der Waals surface area contributed by atoms with Gasteiger partial charge in [0, 0.05) is 6.54 Å². The molecule has 6 heteroatoms. The Morgan fingerprint density at radius 2 is 1.96 bits per heavy atom. The molecule has 2 aromatic rings. The molecule has 2 amide bonds. The summed E-state index contributed by atoms with van der Waals surface area (Å²) in [6.45, 7) is 2.59. The van der Waals surface area contributed by atoms with Gasteiger partial charge < -0.3 is 15.4 Å². The molecule has 1 aliphatic rings. The van der Waals surface area contributed by atoms with Gasteiger partial charge in [0.1, 0.15) is 5.75 Å². The van der Waals surface area contributed by atoms with Gasteiger partial charge in [0.2, 0.25) is 0 Å². The van der Waals surface area contributed by atoms with Crippen LogP contribution in [-0.4, -0.2) is 37.7 Å². The normalized spacial score (nSPS) is 15.5. The summed E-state index contributed by atoms with van der Waals surface area (Å²) in [5.41, 5.74) is 1.75. The predicted molar refractivity (Wildman–Crippen MR) is 105 cm³/mol. The lowest BCUT2D eigenvalue weighted by molar-refractivity contribution is 0.227. The molecule has 1 heterocycles. The van der Waals surface area contributed by atoms with Crippen molar-refractivity contribution in [3.8, 4) is 5.75 Å². The molecule has 26 heavy (non-hydrogen) atoms. The lowest BCUT2D eigenvalue weighted by Crippen LogP contribution is -2.38. The number of nitrogens with one attached hydrogen (secondary N) is 2. The third-order valence-corrected chi connectivity index (χ3v) is 4.97. The number of amides is 2. The van der Waals surface area contributed by atoms with Gasteiger partial charge in [0.25, 0.3) is 0 Å². The minimum Gasteiger partial charge on any atom is -0.497 e. The number of hydrogen-bond donors (Lipinski definition) is 2. The van der Waals surface area contributed by atoms with Crippen molar-refractivity contribution in [3.63, 3.8) is 0 Å². The Kier molecular flexibility index (Phi) is 6.36. The van der Waals surface area contributed by atoms with E-state index in [0.717, 1.165) is 24.4 Å². The van der Waals surface area contributed by atoms with Crippen LogP contribution in [0.25, 0.3) is 0 Å². The number of methoxy groups -OCH3 is 1. The molecule has 0 bridgehead atoms. The second-order valence-corrected chi connectivity index (χ2v) is 6.76. The lowest BCUT2D eigenvalue weighted by Gasteiger charge is -2.28. The van der Waals surface area contributed by atoms with Gasteiger partial charge in [-0.3, -0.25) is 4.90 Å². The molecule has 138 valence electrons. The van der Waals surface area contributed by atoms with Crippen LogP contribution in [0.3, 0.4) is 0 Å². The molecule has 0 radical (unpaired) electrons. The molecule has 5 nitrogen and oxygen atoms in total. The van der Waals surface area contributed by atoms with E-state index in [0.29, 0.717) is 17.3 Å². The summed E-state index contributed by atoms with van der Waals surface area (Å²) in [7, 11) is 1.67. The van der Waals surface area contributed by atoms with Crippen molar-refractivity contribution in [2.24, 2.45) is 0 Å². The minimum atomic E-state index is -0.259. The van der Waals surface area contributed by atoms with Crippen LogP contribution in [0.1, 0.15) is 24.4 Å². The summed E-state index contributed by atoms with van der Waals surface area (Å²) in [4.78, 5) is 14.7. The summed E-state index contributed by atoms with van der Waals surface area (Å²) < 4.78 is 5.35. The molecule has 0 aromatic heterocycles. The van der Waals surface area contributed by atoms with E-state index >= 15 is 0 Å². The van der Waals surface area contributed by atoms with Crippen molar-refractivity contribution in [1.29, 1.82) is 0 Å². The molecule has 1 unspecified atom stereocenters. The molecular weight excluding hydrogens is 350 g/mol. The van der Waals surface area contributed by atoms with Gasteiger partial charge in [-0.05, 0) is 55.8 Å². The Bertz CT molecular complexity index is 747. The van der Waals surface area contributed by atoms with Gasteiger partial charge in [-0.1, -0.05) is 35.9 Å². The first-order valence-corrected chi connectivity index (χ1v) is 9.22. The van der Waals surface area contributed by atoms with Crippen LogP contribution < -0.4 is 15.4 Å². The number of hydrogen-bond acceptors (Lipinski definition) is 3. The number of para-hydroxylation sites is 1. The van der Waals surface area contributed by atoms with Gasteiger partial charge in [-0.15, -0.1) is 0 Å². The SMILES string of the molecule is COc1cccc(C(CNC(=O)Nc2ccccc2Cl)N2CCCC2)c1. The van der Waals surface area contributed by atoms with E-state index in [-0.39, 0.29) is 12.1 Å². The highest BCUT2D eigenvalue weighted by Crippen LogP contribution is 2.27. The van der Waals surface area contributed by atoms with Crippen molar-refractivity contribution in [1.82, 2.24) is 10.2 Å². The Labute approximate surface area is 159 Å². The van der Waals surface area contributed by atoms with Crippen molar-refractivity contribution >= 4 is 23.3 Å². The fourth-order valence-corrected chi connectivity index (χ4v) is 3.46. The van der Waals surface area contributed by atoms with Crippen molar-refractivity contribution in [3.05, 3.63) is 59.1 Å². The van der Waals surface area contributed by atoms with Crippen molar-refractivity contribution in [2.75, 3.05) is 32.1 Å². The van der Waals surface area contributed by atoms with E-state index in [9.17, 15) is 4.79 Å². The third kappa shape index (κ3) is 4.68. The molecule has 1 fully saturated rings. The van der Waals surface area contributed by atoms with Crippen LogP contribution in [0.4, 0.5) is 10.5 Å². The van der Waals surface area contributed by atoms with Gasteiger partial charge in [-0.2, -0.15) is 0 Å². The molecule has 1 atom stereocenters. The maximum Gasteiger partial charge on any atom is 0.319 e. The quantitative estimate of drug-likeness (QED) is 0.793. The number of nitrogens with zero attached hydrogens (tertiary/aromatic N) is 1. The van der Waals surface area contributed by atoms with Crippen LogP contribution >= 0.6 is 11.6 Å². The zero-order valence-electron chi connectivity index (χ0n) is 14.9. The second-order valence-electron chi connectivity index (χ2n) is 6.35. The summed E-state index contributed by atoms with van der Waals surface area (Å²) >= 11 is 6.10. The van der Waals surface area contributed by atoms with Crippen LogP contribution in [0.2, 0.25) is 5.02 Å². The highest BCUT2D eigenvalue weighted by molar-refractivity contribution is 6.33. The smallest absolute Gasteiger partial charge is 0.319 e. The Morgan fingerprint density at radius 1 is 1.19 bits per heavy atom. The number of benzene rings is 2. The van der Waals surface area contributed by atoms with E-state index in [1.165, 1.54) is 12.8 Å². The highest BCUT2D eigenvalue weighted by Gasteiger charge is 2.24. The molecule has 3 rings (SSSR count).